The Labute approximate surface area is 185 Å². The molecule has 3 heterocycles. The average Bonchev–Trinajstić information content (AvgIpc) is 3.18. The Bertz CT molecular complexity index is 1210. The van der Waals surface area contributed by atoms with Gasteiger partial charge in [-0.25, -0.2) is 9.67 Å². The molecule has 9 heteroatoms. The minimum absolute atomic E-state index is 0.186. The van der Waals surface area contributed by atoms with E-state index in [4.69, 9.17) is 19.9 Å². The van der Waals surface area contributed by atoms with Gasteiger partial charge in [-0.2, -0.15) is 4.98 Å². The summed E-state index contributed by atoms with van der Waals surface area (Å²) >= 11 is 0. The molecule has 0 bridgehead atoms. The summed E-state index contributed by atoms with van der Waals surface area (Å²) in [6.45, 7) is 2.21. The molecule has 3 aromatic heterocycles. The molecule has 0 aliphatic carbocycles. The quantitative estimate of drug-likeness (QED) is 0.452. The molecule has 0 spiro atoms. The zero-order chi connectivity index (χ0) is 22.5. The van der Waals surface area contributed by atoms with Crippen molar-refractivity contribution in [1.29, 1.82) is 0 Å². The van der Waals surface area contributed by atoms with Crippen molar-refractivity contribution in [2.75, 3.05) is 20.0 Å². The Kier molecular flexibility index (Phi) is 6.16. The van der Waals surface area contributed by atoms with E-state index in [1.807, 2.05) is 55.5 Å². The molecule has 0 aliphatic heterocycles. The minimum Gasteiger partial charge on any atom is -0.493 e. The SMILES string of the molecule is COc1ccc(Cc2nc(N)nn2-c2cc(C)nc(OCc3ccccn3)c2)cc1OC. The van der Waals surface area contributed by atoms with Crippen LogP contribution in [0.15, 0.2) is 54.7 Å². The number of hydrogen-bond acceptors (Lipinski definition) is 8. The highest BCUT2D eigenvalue weighted by molar-refractivity contribution is 5.44. The zero-order valence-electron chi connectivity index (χ0n) is 18.1. The maximum atomic E-state index is 5.94. The van der Waals surface area contributed by atoms with Gasteiger partial charge in [0, 0.05) is 24.4 Å². The van der Waals surface area contributed by atoms with Gasteiger partial charge in [0.05, 0.1) is 25.6 Å². The van der Waals surface area contributed by atoms with Crippen LogP contribution < -0.4 is 19.9 Å². The Morgan fingerprint density at radius 2 is 1.81 bits per heavy atom. The fourth-order valence-corrected chi connectivity index (χ4v) is 3.30. The summed E-state index contributed by atoms with van der Waals surface area (Å²) in [5, 5.41) is 4.39. The molecule has 0 saturated carbocycles. The molecule has 0 amide bonds. The second kappa shape index (κ2) is 9.34. The Hall–Kier alpha value is -4.14. The first-order chi connectivity index (χ1) is 15.6. The van der Waals surface area contributed by atoms with Gasteiger partial charge < -0.3 is 19.9 Å². The van der Waals surface area contributed by atoms with Crippen LogP contribution in [0, 0.1) is 6.92 Å². The lowest BCUT2D eigenvalue weighted by atomic mass is 10.1. The normalized spacial score (nSPS) is 10.7. The van der Waals surface area contributed by atoms with E-state index in [1.54, 1.807) is 25.1 Å². The van der Waals surface area contributed by atoms with E-state index < -0.39 is 0 Å². The van der Waals surface area contributed by atoms with Crippen LogP contribution in [0.3, 0.4) is 0 Å². The van der Waals surface area contributed by atoms with Gasteiger partial charge in [0.2, 0.25) is 11.8 Å². The summed E-state index contributed by atoms with van der Waals surface area (Å²) in [7, 11) is 3.21. The van der Waals surface area contributed by atoms with Gasteiger partial charge in [0.1, 0.15) is 12.4 Å². The van der Waals surface area contributed by atoms with Crippen molar-refractivity contribution in [3.05, 3.63) is 77.5 Å². The van der Waals surface area contributed by atoms with Crippen molar-refractivity contribution in [3.63, 3.8) is 0 Å². The molecule has 0 atom stereocenters. The van der Waals surface area contributed by atoms with Gasteiger partial charge >= 0.3 is 0 Å². The van der Waals surface area contributed by atoms with Gasteiger partial charge in [-0.05, 0) is 42.8 Å². The number of anilines is 1. The van der Waals surface area contributed by atoms with Crippen molar-refractivity contribution in [1.82, 2.24) is 24.7 Å². The molecule has 0 aliphatic rings. The fraction of sp³-hybridized carbons (Fsp3) is 0.217. The van der Waals surface area contributed by atoms with Crippen molar-refractivity contribution >= 4 is 5.95 Å². The minimum atomic E-state index is 0.186. The van der Waals surface area contributed by atoms with Crippen LogP contribution in [0.1, 0.15) is 22.8 Å². The van der Waals surface area contributed by atoms with E-state index in [0.717, 1.165) is 22.6 Å². The van der Waals surface area contributed by atoms with E-state index in [-0.39, 0.29) is 5.95 Å². The second-order valence-corrected chi connectivity index (χ2v) is 7.08. The molecule has 4 aromatic rings. The van der Waals surface area contributed by atoms with Gasteiger partial charge in [-0.3, -0.25) is 4.98 Å². The van der Waals surface area contributed by atoms with Crippen molar-refractivity contribution in [2.24, 2.45) is 0 Å². The largest absolute Gasteiger partial charge is 0.493 e. The molecule has 164 valence electrons. The molecule has 1 aromatic carbocycles. The highest BCUT2D eigenvalue weighted by Gasteiger charge is 2.14. The number of pyridine rings is 2. The first-order valence-corrected chi connectivity index (χ1v) is 10.00. The van der Waals surface area contributed by atoms with Crippen LogP contribution in [-0.2, 0) is 13.0 Å². The molecule has 2 N–H and O–H groups in total. The summed E-state index contributed by atoms with van der Waals surface area (Å²) in [6.07, 6.45) is 2.22. The number of benzene rings is 1. The van der Waals surface area contributed by atoms with Gasteiger partial charge in [-0.1, -0.05) is 12.1 Å². The van der Waals surface area contributed by atoms with Crippen LogP contribution in [0.4, 0.5) is 5.95 Å². The summed E-state index contributed by atoms with van der Waals surface area (Å²) in [6, 6.07) is 15.1. The van der Waals surface area contributed by atoms with Crippen LogP contribution in [0.25, 0.3) is 5.69 Å². The molecular weight excluding hydrogens is 408 g/mol. The summed E-state index contributed by atoms with van der Waals surface area (Å²) in [5.74, 6) is 2.64. The number of nitrogen functional groups attached to an aromatic ring is 1. The maximum absolute atomic E-state index is 5.94. The standard InChI is InChI=1S/C23H24N6O3/c1-15-10-18(13-22(26-15)32-14-17-6-4-5-9-25-17)29-21(27-23(24)28-29)12-16-7-8-19(30-2)20(11-16)31-3/h4-11,13H,12,14H2,1-3H3,(H2,24,28). The van der Waals surface area contributed by atoms with Gasteiger partial charge in [-0.15, -0.1) is 5.10 Å². The second-order valence-electron chi connectivity index (χ2n) is 7.08. The van der Waals surface area contributed by atoms with Crippen LogP contribution >= 0.6 is 0 Å². The maximum Gasteiger partial charge on any atom is 0.240 e. The summed E-state index contributed by atoms with van der Waals surface area (Å²) < 4.78 is 18.3. The highest BCUT2D eigenvalue weighted by atomic mass is 16.5. The lowest BCUT2D eigenvalue weighted by Gasteiger charge is -2.11. The molecule has 4 rings (SSSR count). The van der Waals surface area contributed by atoms with Gasteiger partial charge in [0.15, 0.2) is 11.5 Å². The van der Waals surface area contributed by atoms with E-state index in [2.05, 4.69) is 20.1 Å². The molecular formula is C23H24N6O3. The third-order valence-electron chi connectivity index (χ3n) is 4.75. The number of rotatable bonds is 8. The Morgan fingerprint density at radius 1 is 0.969 bits per heavy atom. The molecule has 0 radical (unpaired) electrons. The molecule has 0 fully saturated rings. The van der Waals surface area contributed by atoms with E-state index >= 15 is 0 Å². The third-order valence-corrected chi connectivity index (χ3v) is 4.75. The number of nitrogens with zero attached hydrogens (tertiary/aromatic N) is 5. The molecule has 0 saturated heterocycles. The van der Waals surface area contributed by atoms with Crippen molar-refractivity contribution < 1.29 is 14.2 Å². The number of nitrogens with two attached hydrogens (primary N) is 1. The molecule has 9 nitrogen and oxygen atoms in total. The van der Waals surface area contributed by atoms with E-state index in [9.17, 15) is 0 Å². The smallest absolute Gasteiger partial charge is 0.240 e. The van der Waals surface area contributed by atoms with Crippen molar-refractivity contribution in [3.8, 4) is 23.1 Å². The number of ether oxygens (including phenoxy) is 3. The monoisotopic (exact) mass is 432 g/mol. The molecule has 32 heavy (non-hydrogen) atoms. The Balaban J connectivity index is 1.61. The first-order valence-electron chi connectivity index (χ1n) is 10.00. The lowest BCUT2D eigenvalue weighted by molar-refractivity contribution is 0.288. The predicted octanol–water partition coefficient (Wildman–Crippen LogP) is 3.13. The number of methoxy groups -OCH3 is 2. The predicted molar refractivity (Wildman–Crippen MR) is 119 cm³/mol. The first kappa shape index (κ1) is 21.1. The van der Waals surface area contributed by atoms with Crippen LogP contribution in [-0.4, -0.2) is 39.0 Å². The van der Waals surface area contributed by atoms with Crippen LogP contribution in [0.5, 0.6) is 17.4 Å². The molecule has 0 unspecified atom stereocenters. The average molecular weight is 432 g/mol. The summed E-state index contributed by atoms with van der Waals surface area (Å²) in [4.78, 5) is 13.2. The van der Waals surface area contributed by atoms with E-state index in [1.165, 1.54) is 0 Å². The number of aryl methyl sites for hydroxylation is 1. The zero-order valence-corrected chi connectivity index (χ0v) is 18.1. The van der Waals surface area contributed by atoms with Crippen LogP contribution in [0.2, 0.25) is 0 Å². The summed E-state index contributed by atoms with van der Waals surface area (Å²) in [5.41, 5.74) is 9.28. The number of hydrogen-bond donors (Lipinski definition) is 1. The lowest BCUT2D eigenvalue weighted by Crippen LogP contribution is -2.07. The van der Waals surface area contributed by atoms with E-state index in [0.29, 0.717) is 36.2 Å². The topological polar surface area (TPSA) is 110 Å². The Morgan fingerprint density at radius 3 is 2.56 bits per heavy atom. The van der Waals surface area contributed by atoms with Gasteiger partial charge in [0.25, 0.3) is 0 Å². The third kappa shape index (κ3) is 4.77. The fourth-order valence-electron chi connectivity index (χ4n) is 3.30. The number of aromatic nitrogens is 5. The van der Waals surface area contributed by atoms with Crippen molar-refractivity contribution in [2.45, 2.75) is 20.0 Å². The highest BCUT2D eigenvalue weighted by Crippen LogP contribution is 2.29.